The van der Waals surface area contributed by atoms with Gasteiger partial charge in [0.25, 0.3) is 0 Å². The second kappa shape index (κ2) is 6.54. The van der Waals surface area contributed by atoms with Crippen LogP contribution in [-0.2, 0) is 14.3 Å². The molecule has 0 aromatic rings. The van der Waals surface area contributed by atoms with Crippen LogP contribution in [0.2, 0.25) is 0 Å². The summed E-state index contributed by atoms with van der Waals surface area (Å²) >= 11 is 0. The highest BCUT2D eigenvalue weighted by Crippen LogP contribution is 2.40. The van der Waals surface area contributed by atoms with Gasteiger partial charge in [-0.15, -0.1) is 0 Å². The van der Waals surface area contributed by atoms with Crippen molar-refractivity contribution in [1.29, 1.82) is 0 Å². The maximum atomic E-state index is 13.0. The maximum absolute atomic E-state index is 13.0. The molecule has 0 rings (SSSR count). The first-order chi connectivity index (χ1) is 9.21. The van der Waals surface area contributed by atoms with E-state index in [1.54, 1.807) is 0 Å². The molecular formula is C9H7F9O3. The molecule has 12 heteroatoms. The lowest BCUT2D eigenvalue weighted by atomic mass is 10.3. The summed E-state index contributed by atoms with van der Waals surface area (Å²) in [5, 5.41) is 0. The van der Waals surface area contributed by atoms with Crippen LogP contribution in [0.3, 0.4) is 0 Å². The highest BCUT2D eigenvalue weighted by Gasteiger charge is 2.66. The molecular weight excluding hydrogens is 327 g/mol. The van der Waals surface area contributed by atoms with E-state index in [4.69, 9.17) is 0 Å². The molecule has 0 saturated heterocycles. The fourth-order valence-corrected chi connectivity index (χ4v) is 0.782. The quantitative estimate of drug-likeness (QED) is 0.425. The molecule has 0 amide bonds. The summed E-state index contributed by atoms with van der Waals surface area (Å²) in [4.78, 5) is 10.9. The molecule has 1 atom stereocenters. The summed E-state index contributed by atoms with van der Waals surface area (Å²) in [6.45, 7) is -0.509. The van der Waals surface area contributed by atoms with Gasteiger partial charge in [0.2, 0.25) is 0 Å². The largest absolute Gasteiger partial charge is 0.466 e. The van der Waals surface area contributed by atoms with Crippen LogP contribution in [-0.4, -0.2) is 43.8 Å². The van der Waals surface area contributed by atoms with E-state index in [1.807, 2.05) is 0 Å². The molecule has 0 aliphatic rings. The number of hydrogen-bond donors (Lipinski definition) is 0. The normalized spacial score (nSPS) is 15.7. The number of rotatable bonds is 6. The summed E-state index contributed by atoms with van der Waals surface area (Å²) in [6.07, 6.45) is -15.8. The lowest BCUT2D eigenvalue weighted by Gasteiger charge is -2.26. The topological polar surface area (TPSA) is 35.5 Å². The Labute approximate surface area is 111 Å². The minimum atomic E-state index is -6.25. The fourth-order valence-electron chi connectivity index (χ4n) is 0.782. The fraction of sp³-hybridized carbons (Fsp3) is 0.667. The van der Waals surface area contributed by atoms with Crippen LogP contribution >= 0.6 is 0 Å². The molecule has 21 heavy (non-hydrogen) atoms. The molecule has 0 aliphatic carbocycles. The van der Waals surface area contributed by atoms with Gasteiger partial charge in [-0.2, -0.15) is 30.7 Å². The van der Waals surface area contributed by atoms with Crippen molar-refractivity contribution in [1.82, 2.24) is 0 Å². The van der Waals surface area contributed by atoms with Gasteiger partial charge in [0.05, 0.1) is 12.2 Å². The Bertz CT molecular complexity index is 387. The first-order valence-corrected chi connectivity index (χ1v) is 4.80. The zero-order valence-electron chi connectivity index (χ0n) is 9.83. The average Bonchev–Trinajstić information content (AvgIpc) is 2.24. The summed E-state index contributed by atoms with van der Waals surface area (Å²) in [7, 11) is 0. The van der Waals surface area contributed by atoms with Gasteiger partial charge in [-0.1, -0.05) is 6.58 Å². The first kappa shape index (κ1) is 19.5. The molecule has 0 saturated carbocycles. The van der Waals surface area contributed by atoms with Gasteiger partial charge >= 0.3 is 30.6 Å². The van der Waals surface area contributed by atoms with Crippen molar-refractivity contribution in [2.24, 2.45) is 0 Å². The Morgan fingerprint density at radius 2 is 1.52 bits per heavy atom. The van der Waals surface area contributed by atoms with Gasteiger partial charge in [0.15, 0.2) is 0 Å². The van der Waals surface area contributed by atoms with E-state index >= 15 is 0 Å². The van der Waals surface area contributed by atoms with Crippen molar-refractivity contribution in [3.8, 4) is 0 Å². The summed E-state index contributed by atoms with van der Waals surface area (Å²) < 4.78 is 115. The van der Waals surface area contributed by atoms with Crippen molar-refractivity contribution in [3.05, 3.63) is 12.2 Å². The van der Waals surface area contributed by atoms with E-state index in [-0.39, 0.29) is 0 Å². The predicted molar refractivity (Wildman–Crippen MR) is 48.0 cm³/mol. The third kappa shape index (κ3) is 5.81. The molecule has 0 radical (unpaired) electrons. The van der Waals surface area contributed by atoms with Crippen LogP contribution in [0, 0.1) is 0 Å². The molecule has 0 heterocycles. The molecule has 0 aromatic carbocycles. The highest BCUT2D eigenvalue weighted by molar-refractivity contribution is 5.88. The van der Waals surface area contributed by atoms with Gasteiger partial charge in [-0.3, -0.25) is 0 Å². The Kier molecular flexibility index (Phi) is 6.08. The lowest BCUT2D eigenvalue weighted by molar-refractivity contribution is -0.354. The van der Waals surface area contributed by atoms with Crippen molar-refractivity contribution < 1.29 is 53.8 Å². The maximum Gasteiger partial charge on any atom is 0.466 e. The number of ether oxygens (including phenoxy) is 2. The van der Waals surface area contributed by atoms with Gasteiger partial charge < -0.3 is 9.47 Å². The van der Waals surface area contributed by atoms with Crippen LogP contribution in [0.4, 0.5) is 39.5 Å². The van der Waals surface area contributed by atoms with Crippen LogP contribution < -0.4 is 0 Å². The Morgan fingerprint density at radius 3 is 1.86 bits per heavy atom. The average molecular weight is 334 g/mol. The molecule has 0 aromatic heterocycles. The smallest absolute Gasteiger partial charge is 0.411 e. The third-order valence-electron chi connectivity index (χ3n) is 1.74. The minimum Gasteiger partial charge on any atom is -0.411 e. The van der Waals surface area contributed by atoms with Crippen molar-refractivity contribution in [3.63, 3.8) is 0 Å². The van der Waals surface area contributed by atoms with Gasteiger partial charge in [0, 0.05) is 0 Å². The van der Waals surface area contributed by atoms with Crippen molar-refractivity contribution in [2.45, 2.75) is 24.6 Å². The molecule has 0 spiro atoms. The van der Waals surface area contributed by atoms with E-state index in [0.717, 1.165) is 0 Å². The van der Waals surface area contributed by atoms with Crippen LogP contribution in [0.25, 0.3) is 0 Å². The molecule has 3 nitrogen and oxygen atoms in total. The van der Waals surface area contributed by atoms with E-state index in [2.05, 4.69) is 16.1 Å². The van der Waals surface area contributed by atoms with Crippen molar-refractivity contribution >= 4 is 5.97 Å². The Balaban J connectivity index is 4.69. The van der Waals surface area contributed by atoms with Crippen LogP contribution in [0.15, 0.2) is 12.2 Å². The number of carbonyl (C=O) groups is 1. The number of halogens is 9. The number of alkyl halides is 9. The van der Waals surface area contributed by atoms with Gasteiger partial charge in [-0.25, -0.2) is 13.6 Å². The molecule has 1 unspecified atom stereocenters. The second-order valence-electron chi connectivity index (χ2n) is 3.54. The molecule has 0 N–H and O–H groups in total. The summed E-state index contributed by atoms with van der Waals surface area (Å²) in [5.74, 6) is -7.91. The highest BCUT2D eigenvalue weighted by atomic mass is 19.4. The summed E-state index contributed by atoms with van der Waals surface area (Å²) in [6, 6.07) is 0. The SMILES string of the molecule is C=C(COCC(F)(F)F)C(=O)OC(F)(C(F)F)C(F)(F)F. The van der Waals surface area contributed by atoms with Crippen molar-refractivity contribution in [2.75, 3.05) is 13.2 Å². The third-order valence-corrected chi connectivity index (χ3v) is 1.74. The van der Waals surface area contributed by atoms with E-state index in [1.165, 1.54) is 0 Å². The number of hydrogen-bond acceptors (Lipinski definition) is 3. The Hall–Kier alpha value is -1.46. The molecule has 124 valence electrons. The predicted octanol–water partition coefficient (Wildman–Crippen LogP) is 3.16. The standard InChI is InChI=1S/C9H7F9O3/c1-4(2-20-3-7(12,13)14)5(19)21-8(15,6(10)11)9(16,17)18/h6H,1-3H2. The first-order valence-electron chi connectivity index (χ1n) is 4.80. The van der Waals surface area contributed by atoms with Crippen LogP contribution in [0.5, 0.6) is 0 Å². The molecule has 0 bridgehead atoms. The lowest BCUT2D eigenvalue weighted by Crippen LogP contribution is -2.51. The van der Waals surface area contributed by atoms with Crippen LogP contribution in [0.1, 0.15) is 0 Å². The monoisotopic (exact) mass is 334 g/mol. The summed E-state index contributed by atoms with van der Waals surface area (Å²) in [5.41, 5.74) is -1.20. The zero-order chi connectivity index (χ0) is 17.1. The Morgan fingerprint density at radius 1 is 1.05 bits per heavy atom. The van der Waals surface area contributed by atoms with Gasteiger partial charge in [0.1, 0.15) is 6.61 Å². The van der Waals surface area contributed by atoms with E-state index in [9.17, 15) is 44.3 Å². The van der Waals surface area contributed by atoms with E-state index < -0.39 is 49.4 Å². The molecule has 0 fully saturated rings. The number of carbonyl (C=O) groups excluding carboxylic acids is 1. The molecule has 0 aliphatic heterocycles. The second-order valence-corrected chi connectivity index (χ2v) is 3.54. The van der Waals surface area contributed by atoms with Gasteiger partial charge in [-0.05, 0) is 0 Å². The zero-order valence-corrected chi connectivity index (χ0v) is 9.83. The minimum absolute atomic E-state index is 1.20. The number of esters is 1. The van der Waals surface area contributed by atoms with E-state index in [0.29, 0.717) is 0 Å².